The van der Waals surface area contributed by atoms with Crippen molar-refractivity contribution in [2.45, 2.75) is 11.3 Å². The van der Waals surface area contributed by atoms with Gasteiger partial charge < -0.3 is 15.1 Å². The van der Waals surface area contributed by atoms with E-state index < -0.39 is 0 Å². The molecule has 1 aliphatic rings. The first kappa shape index (κ1) is 15.0. The molecule has 0 saturated carbocycles. The lowest BCUT2D eigenvalue weighted by Crippen LogP contribution is -2.48. The summed E-state index contributed by atoms with van der Waals surface area (Å²) in [5.41, 5.74) is 0. The Morgan fingerprint density at radius 2 is 2.00 bits per heavy atom. The minimum absolute atomic E-state index is 0.0261. The summed E-state index contributed by atoms with van der Waals surface area (Å²) in [5.74, 6) is 0.439. The third-order valence-corrected chi connectivity index (χ3v) is 5.11. The second-order valence-electron chi connectivity index (χ2n) is 4.31. The highest BCUT2D eigenvalue weighted by molar-refractivity contribution is 8.01. The van der Waals surface area contributed by atoms with E-state index in [4.69, 9.17) is 0 Å². The van der Waals surface area contributed by atoms with Crippen molar-refractivity contribution in [1.29, 1.82) is 0 Å². The highest BCUT2D eigenvalue weighted by Gasteiger charge is 2.21. The molecule has 0 radical (unpaired) electrons. The van der Waals surface area contributed by atoms with E-state index in [1.165, 1.54) is 23.1 Å². The average Bonchev–Trinajstić information content (AvgIpc) is 2.93. The summed E-state index contributed by atoms with van der Waals surface area (Å²) in [6.07, 6.45) is 0. The molecule has 1 N–H and O–H groups in total. The SMILES string of the molecule is CNC(=O)CSc1nnc(N2CCN(C(C)=O)CC2)s1. The van der Waals surface area contributed by atoms with Crippen molar-refractivity contribution in [1.82, 2.24) is 20.4 Å². The fourth-order valence-electron chi connectivity index (χ4n) is 1.80. The Labute approximate surface area is 125 Å². The summed E-state index contributed by atoms with van der Waals surface area (Å²) in [4.78, 5) is 26.4. The lowest BCUT2D eigenvalue weighted by molar-refractivity contribution is -0.129. The molecule has 1 aromatic heterocycles. The topological polar surface area (TPSA) is 78.4 Å². The van der Waals surface area contributed by atoms with Crippen LogP contribution in [0.25, 0.3) is 0 Å². The van der Waals surface area contributed by atoms with Crippen LogP contribution >= 0.6 is 23.1 Å². The van der Waals surface area contributed by atoms with Crippen LogP contribution in [-0.4, -0.2) is 65.9 Å². The van der Waals surface area contributed by atoms with Crippen LogP contribution in [0.1, 0.15) is 6.92 Å². The summed E-state index contributed by atoms with van der Waals surface area (Å²) < 4.78 is 0.789. The standard InChI is InChI=1S/C11H17N5O2S2/c1-8(17)15-3-5-16(6-4-15)10-13-14-11(20-10)19-7-9(18)12-2/h3-7H2,1-2H3,(H,12,18). The van der Waals surface area contributed by atoms with Gasteiger partial charge in [0.1, 0.15) is 0 Å². The first-order valence-electron chi connectivity index (χ1n) is 6.27. The maximum atomic E-state index is 11.3. The normalized spacial score (nSPS) is 15.3. The molecular formula is C11H17N5O2S2. The van der Waals surface area contributed by atoms with Crippen molar-refractivity contribution >= 4 is 40.0 Å². The highest BCUT2D eigenvalue weighted by atomic mass is 32.2. The van der Waals surface area contributed by atoms with Gasteiger partial charge in [0.05, 0.1) is 5.75 Å². The number of nitrogens with one attached hydrogen (secondary N) is 1. The molecule has 2 heterocycles. The summed E-state index contributed by atoms with van der Waals surface area (Å²) >= 11 is 2.87. The van der Waals surface area contributed by atoms with Crippen molar-refractivity contribution < 1.29 is 9.59 Å². The van der Waals surface area contributed by atoms with Crippen molar-refractivity contribution in [3.05, 3.63) is 0 Å². The molecule has 20 heavy (non-hydrogen) atoms. The molecule has 110 valence electrons. The molecule has 0 aromatic carbocycles. The van der Waals surface area contributed by atoms with E-state index >= 15 is 0 Å². The maximum absolute atomic E-state index is 11.3. The molecule has 9 heteroatoms. The van der Waals surface area contributed by atoms with Crippen LogP contribution in [0, 0.1) is 0 Å². The van der Waals surface area contributed by atoms with Crippen molar-refractivity contribution in [3.63, 3.8) is 0 Å². The van der Waals surface area contributed by atoms with Gasteiger partial charge in [-0.05, 0) is 0 Å². The predicted molar refractivity (Wildman–Crippen MR) is 79.2 cm³/mol. The molecular weight excluding hydrogens is 298 g/mol. The molecule has 2 rings (SSSR count). The third-order valence-electron chi connectivity index (χ3n) is 3.00. The minimum Gasteiger partial charge on any atom is -0.358 e. The number of carbonyl (C=O) groups excluding carboxylic acids is 2. The fourth-order valence-corrected chi connectivity index (χ4v) is 3.57. The number of carbonyl (C=O) groups is 2. The number of anilines is 1. The van der Waals surface area contributed by atoms with E-state index in [1.807, 2.05) is 4.90 Å². The van der Waals surface area contributed by atoms with E-state index in [1.54, 1.807) is 14.0 Å². The van der Waals surface area contributed by atoms with E-state index in [0.29, 0.717) is 5.75 Å². The molecule has 0 unspecified atom stereocenters. The molecule has 1 aromatic rings. The van der Waals surface area contributed by atoms with Gasteiger partial charge in [-0.25, -0.2) is 0 Å². The van der Waals surface area contributed by atoms with Crippen LogP contribution in [0.5, 0.6) is 0 Å². The van der Waals surface area contributed by atoms with Crippen LogP contribution in [0.4, 0.5) is 5.13 Å². The number of hydrogen-bond acceptors (Lipinski definition) is 7. The van der Waals surface area contributed by atoms with Gasteiger partial charge in [0, 0.05) is 40.2 Å². The molecule has 2 amide bonds. The molecule has 7 nitrogen and oxygen atoms in total. The molecule has 0 bridgehead atoms. The lowest BCUT2D eigenvalue weighted by Gasteiger charge is -2.33. The van der Waals surface area contributed by atoms with Gasteiger partial charge in [0.25, 0.3) is 0 Å². The number of rotatable bonds is 4. The lowest BCUT2D eigenvalue weighted by atomic mass is 10.3. The van der Waals surface area contributed by atoms with Crippen molar-refractivity contribution in [3.8, 4) is 0 Å². The quantitative estimate of drug-likeness (QED) is 0.791. The first-order valence-corrected chi connectivity index (χ1v) is 8.07. The van der Waals surface area contributed by atoms with Gasteiger partial charge in [-0.1, -0.05) is 23.1 Å². The smallest absolute Gasteiger partial charge is 0.230 e. The molecule has 1 fully saturated rings. The van der Waals surface area contributed by atoms with E-state index in [9.17, 15) is 9.59 Å². The second kappa shape index (κ2) is 6.89. The maximum Gasteiger partial charge on any atom is 0.230 e. The Hall–Kier alpha value is -1.35. The van der Waals surface area contributed by atoms with Crippen molar-refractivity contribution in [2.75, 3.05) is 43.9 Å². The molecule has 1 aliphatic heterocycles. The Balaban J connectivity index is 1.86. The molecule has 1 saturated heterocycles. The van der Waals surface area contributed by atoms with E-state index in [0.717, 1.165) is 35.7 Å². The molecule has 0 atom stereocenters. The number of nitrogens with zero attached hydrogens (tertiary/aromatic N) is 4. The van der Waals surface area contributed by atoms with Gasteiger partial charge in [-0.3, -0.25) is 9.59 Å². The zero-order chi connectivity index (χ0) is 14.5. The van der Waals surface area contributed by atoms with Crippen LogP contribution in [0.15, 0.2) is 4.34 Å². The van der Waals surface area contributed by atoms with E-state index in [-0.39, 0.29) is 11.8 Å². The zero-order valence-corrected chi connectivity index (χ0v) is 13.1. The third kappa shape index (κ3) is 3.83. The van der Waals surface area contributed by atoms with Crippen LogP contribution in [0.2, 0.25) is 0 Å². The predicted octanol–water partition coefficient (Wildman–Crippen LogP) is 0.0447. The summed E-state index contributed by atoms with van der Waals surface area (Å²) in [6.45, 7) is 4.57. The number of piperazine rings is 1. The zero-order valence-electron chi connectivity index (χ0n) is 11.5. The fraction of sp³-hybridized carbons (Fsp3) is 0.636. The van der Waals surface area contributed by atoms with Crippen molar-refractivity contribution in [2.24, 2.45) is 0 Å². The van der Waals surface area contributed by atoms with Crippen LogP contribution in [-0.2, 0) is 9.59 Å². The van der Waals surface area contributed by atoms with Gasteiger partial charge in [0.2, 0.25) is 16.9 Å². The minimum atomic E-state index is -0.0261. The average molecular weight is 315 g/mol. The summed E-state index contributed by atoms with van der Waals surface area (Å²) in [7, 11) is 1.61. The summed E-state index contributed by atoms with van der Waals surface area (Å²) in [6, 6.07) is 0. The Morgan fingerprint density at radius 1 is 1.30 bits per heavy atom. The number of thioether (sulfide) groups is 1. The van der Waals surface area contributed by atoms with Crippen LogP contribution < -0.4 is 10.2 Å². The highest BCUT2D eigenvalue weighted by Crippen LogP contribution is 2.28. The van der Waals surface area contributed by atoms with Gasteiger partial charge in [0.15, 0.2) is 4.34 Å². The molecule has 0 aliphatic carbocycles. The summed E-state index contributed by atoms with van der Waals surface area (Å²) in [5, 5.41) is 11.7. The van der Waals surface area contributed by atoms with Crippen LogP contribution in [0.3, 0.4) is 0 Å². The largest absolute Gasteiger partial charge is 0.358 e. The Morgan fingerprint density at radius 3 is 2.60 bits per heavy atom. The molecule has 0 spiro atoms. The number of aromatic nitrogens is 2. The van der Waals surface area contributed by atoms with Gasteiger partial charge in [-0.15, -0.1) is 10.2 Å². The second-order valence-corrected chi connectivity index (χ2v) is 6.48. The van der Waals surface area contributed by atoms with E-state index in [2.05, 4.69) is 20.4 Å². The first-order chi connectivity index (χ1) is 9.60. The Bertz CT molecular complexity index is 485. The van der Waals surface area contributed by atoms with Gasteiger partial charge in [-0.2, -0.15) is 0 Å². The Kier molecular flexibility index (Phi) is 5.18. The van der Waals surface area contributed by atoms with Gasteiger partial charge >= 0.3 is 0 Å². The number of amides is 2. The number of hydrogen-bond donors (Lipinski definition) is 1. The monoisotopic (exact) mass is 315 g/mol.